The quantitative estimate of drug-likeness (QED) is 0.651. The van der Waals surface area contributed by atoms with Gasteiger partial charge in [0.1, 0.15) is 0 Å². The minimum absolute atomic E-state index is 0.0265. The predicted molar refractivity (Wildman–Crippen MR) is 57.8 cm³/mol. The van der Waals surface area contributed by atoms with Crippen LogP contribution >= 0.6 is 0 Å². The van der Waals surface area contributed by atoms with E-state index in [1.165, 1.54) is 0 Å². The maximum absolute atomic E-state index is 12.2. The van der Waals surface area contributed by atoms with Crippen LogP contribution in [0.1, 0.15) is 27.7 Å². The summed E-state index contributed by atoms with van der Waals surface area (Å²) in [5.41, 5.74) is 3.75. The van der Waals surface area contributed by atoms with Gasteiger partial charge in [0, 0.05) is 0 Å². The number of nitrogens with two attached hydrogens (primary N) is 1. The van der Waals surface area contributed by atoms with E-state index in [2.05, 4.69) is 15.2 Å². The highest BCUT2D eigenvalue weighted by atomic mass is 16.6. The van der Waals surface area contributed by atoms with Crippen molar-refractivity contribution < 1.29 is 10.4 Å². The topological polar surface area (TPSA) is 110 Å². The van der Waals surface area contributed by atoms with Gasteiger partial charge in [0.15, 0.2) is 0 Å². The monoisotopic (exact) mass is 239 g/mol. The van der Waals surface area contributed by atoms with Crippen LogP contribution in [0.3, 0.4) is 0 Å². The summed E-state index contributed by atoms with van der Waals surface area (Å²) in [7, 11) is 0. The summed E-state index contributed by atoms with van der Waals surface area (Å²) in [6.45, 7) is 6.97. The lowest BCUT2D eigenvalue weighted by Crippen LogP contribution is -2.52. The first-order valence-corrected chi connectivity index (χ1v) is 5.16. The molecule has 3 N–H and O–H groups in total. The van der Waals surface area contributed by atoms with Crippen molar-refractivity contribution in [3.05, 3.63) is 11.6 Å². The Balaban J connectivity index is 2.57. The third-order valence-electron chi connectivity index (χ3n) is 3.60. The fourth-order valence-electron chi connectivity index (χ4n) is 1.66. The Kier molecular flexibility index (Phi) is 2.20. The second-order valence-electron chi connectivity index (χ2n) is 5.04. The van der Waals surface area contributed by atoms with Crippen molar-refractivity contribution in [2.45, 2.75) is 38.8 Å². The Bertz CT molecular complexity index is 428. The molecule has 0 bridgehead atoms. The first-order chi connectivity index (χ1) is 7.69. The van der Waals surface area contributed by atoms with Crippen molar-refractivity contribution in [2.75, 3.05) is 0 Å². The van der Waals surface area contributed by atoms with Gasteiger partial charge >= 0.3 is 0 Å². The third-order valence-corrected chi connectivity index (χ3v) is 3.60. The molecule has 0 atom stereocenters. The number of azo groups is 1. The van der Waals surface area contributed by atoms with E-state index in [-0.39, 0.29) is 17.6 Å². The van der Waals surface area contributed by atoms with Crippen LogP contribution in [-0.2, 0) is 5.21 Å². The van der Waals surface area contributed by atoms with Gasteiger partial charge in [-0.1, -0.05) is 5.21 Å². The molecule has 0 aromatic heterocycles. The number of hydrogen-bond acceptors (Lipinski definition) is 7. The van der Waals surface area contributed by atoms with Crippen LogP contribution in [0.2, 0.25) is 0 Å². The van der Waals surface area contributed by atoms with E-state index in [9.17, 15) is 10.4 Å². The highest BCUT2D eigenvalue weighted by Crippen LogP contribution is 2.44. The maximum Gasteiger partial charge on any atom is 0.242 e. The van der Waals surface area contributed by atoms with Crippen molar-refractivity contribution >= 4 is 5.96 Å². The van der Waals surface area contributed by atoms with Gasteiger partial charge in [-0.05, 0) is 27.7 Å². The van der Waals surface area contributed by atoms with E-state index in [4.69, 9.17) is 5.73 Å². The van der Waals surface area contributed by atoms with E-state index < -0.39 is 11.1 Å². The zero-order valence-electron chi connectivity index (χ0n) is 10.2. The van der Waals surface area contributed by atoms with Crippen LogP contribution in [0.5, 0.6) is 0 Å². The van der Waals surface area contributed by atoms with E-state index in [0.717, 1.165) is 5.06 Å². The van der Waals surface area contributed by atoms with Crippen LogP contribution in [0, 0.1) is 0 Å². The maximum atomic E-state index is 12.2. The lowest BCUT2D eigenvalue weighted by molar-refractivity contribution is -0.182. The fraction of sp³-hybridized carbons (Fsp3) is 0.667. The second-order valence-corrected chi connectivity index (χ2v) is 5.04. The molecule has 1 radical (unpaired) electrons. The highest BCUT2D eigenvalue weighted by Gasteiger charge is 2.57. The smallest absolute Gasteiger partial charge is 0.242 e. The molecule has 2 heterocycles. The first-order valence-electron chi connectivity index (χ1n) is 5.16. The standard InChI is InChI=1S/C9H15N6O2/c1-8(2)9(3,4)15(17)6(14(8)16)5-11-7(10)13-12-5/h16H,1-4H3,(H2,10,11)/b6-5-. The molecule has 8 heteroatoms. The van der Waals surface area contributed by atoms with Crippen molar-refractivity contribution in [3.63, 3.8) is 0 Å². The summed E-state index contributed by atoms with van der Waals surface area (Å²) in [6.07, 6.45) is 0. The van der Waals surface area contributed by atoms with Crippen molar-refractivity contribution in [1.82, 2.24) is 10.1 Å². The molecule has 0 unspecified atom stereocenters. The van der Waals surface area contributed by atoms with Crippen LogP contribution < -0.4 is 5.73 Å². The second kappa shape index (κ2) is 3.17. The van der Waals surface area contributed by atoms with Gasteiger partial charge in [-0.15, -0.1) is 10.2 Å². The molecule has 0 amide bonds. The molecule has 0 aromatic carbocycles. The Morgan fingerprint density at radius 3 is 2.12 bits per heavy atom. The first kappa shape index (κ1) is 11.8. The third kappa shape index (κ3) is 1.34. The predicted octanol–water partition coefficient (Wildman–Crippen LogP) is 0.803. The average Bonchev–Trinajstić information content (AvgIpc) is 2.67. The van der Waals surface area contributed by atoms with Gasteiger partial charge in [-0.2, -0.15) is 10.1 Å². The Labute approximate surface area is 98.7 Å². The molecule has 2 aliphatic heterocycles. The summed E-state index contributed by atoms with van der Waals surface area (Å²) in [4.78, 5) is 3.80. The number of guanidine groups is 1. The molecule has 0 saturated carbocycles. The molecule has 0 spiro atoms. The number of hydroxylamine groups is 4. The zero-order valence-corrected chi connectivity index (χ0v) is 10.2. The molecule has 17 heavy (non-hydrogen) atoms. The zero-order chi connectivity index (χ0) is 13.0. The van der Waals surface area contributed by atoms with Gasteiger partial charge in [-0.3, -0.25) is 5.21 Å². The Morgan fingerprint density at radius 1 is 1.18 bits per heavy atom. The van der Waals surface area contributed by atoms with E-state index in [1.807, 2.05) is 0 Å². The average molecular weight is 239 g/mol. The highest BCUT2D eigenvalue weighted by molar-refractivity contribution is 5.80. The molecule has 93 valence electrons. The van der Waals surface area contributed by atoms with Crippen LogP contribution in [0.15, 0.2) is 26.9 Å². The van der Waals surface area contributed by atoms with E-state index in [0.29, 0.717) is 5.06 Å². The van der Waals surface area contributed by atoms with E-state index in [1.54, 1.807) is 27.7 Å². The summed E-state index contributed by atoms with van der Waals surface area (Å²) >= 11 is 0. The van der Waals surface area contributed by atoms with Crippen LogP contribution in [-0.4, -0.2) is 32.4 Å². The molecule has 2 aliphatic rings. The Morgan fingerprint density at radius 2 is 1.76 bits per heavy atom. The van der Waals surface area contributed by atoms with Crippen molar-refractivity contribution in [3.8, 4) is 0 Å². The van der Waals surface area contributed by atoms with E-state index >= 15 is 0 Å². The normalized spacial score (nSPS) is 30.1. The number of aliphatic imine (C=N–C) groups is 1. The van der Waals surface area contributed by atoms with Gasteiger partial charge in [-0.25, -0.2) is 5.06 Å². The summed E-state index contributed by atoms with van der Waals surface area (Å²) in [5, 5.41) is 31.0. The summed E-state index contributed by atoms with van der Waals surface area (Å²) in [6, 6.07) is 0. The van der Waals surface area contributed by atoms with Crippen molar-refractivity contribution in [2.24, 2.45) is 21.0 Å². The lowest BCUT2D eigenvalue weighted by atomic mass is 9.84. The Hall–Kier alpha value is -1.67. The van der Waals surface area contributed by atoms with Gasteiger partial charge in [0.2, 0.25) is 17.6 Å². The summed E-state index contributed by atoms with van der Waals surface area (Å²) < 4.78 is 0. The number of rotatable bonds is 0. The molecular formula is C9H15N6O2. The minimum Gasteiger partial charge on any atom is -0.366 e. The molecule has 8 nitrogen and oxygen atoms in total. The fourth-order valence-corrected chi connectivity index (χ4v) is 1.66. The van der Waals surface area contributed by atoms with Crippen LogP contribution in [0.25, 0.3) is 0 Å². The number of hydrogen-bond donors (Lipinski definition) is 2. The molecule has 0 aromatic rings. The molecule has 1 fully saturated rings. The largest absolute Gasteiger partial charge is 0.366 e. The van der Waals surface area contributed by atoms with Gasteiger partial charge in [0.05, 0.1) is 11.1 Å². The molecule has 1 saturated heterocycles. The van der Waals surface area contributed by atoms with Gasteiger partial charge in [0.25, 0.3) is 0 Å². The van der Waals surface area contributed by atoms with Gasteiger partial charge < -0.3 is 5.73 Å². The minimum atomic E-state index is -0.827. The summed E-state index contributed by atoms with van der Waals surface area (Å²) in [5.74, 6) is -0.0420. The van der Waals surface area contributed by atoms with Crippen molar-refractivity contribution in [1.29, 1.82) is 0 Å². The SMILES string of the molecule is CC1(C)N([O])/C(=C2\N=NC(N)=N2)N(O)C1(C)C. The number of nitrogens with zero attached hydrogens (tertiary/aromatic N) is 5. The molecular weight excluding hydrogens is 224 g/mol. The molecule has 2 rings (SSSR count). The lowest BCUT2D eigenvalue weighted by Gasteiger charge is -2.36. The van der Waals surface area contributed by atoms with Crippen LogP contribution in [0.4, 0.5) is 0 Å². The molecule has 0 aliphatic carbocycles.